The molecule has 8 nitrogen and oxygen atoms in total. The summed E-state index contributed by atoms with van der Waals surface area (Å²) in [6.07, 6.45) is 0. The Hall–Kier alpha value is -4.20. The van der Waals surface area contributed by atoms with Gasteiger partial charge in [-0.1, -0.05) is 24.3 Å². The highest BCUT2D eigenvalue weighted by atomic mass is 16.5. The van der Waals surface area contributed by atoms with Crippen molar-refractivity contribution >= 4 is 23.2 Å². The number of ether oxygens (including phenoxy) is 4. The normalized spacial score (nSPS) is 10.1. The lowest BCUT2D eigenvalue weighted by Crippen LogP contribution is -2.20. The third-order valence-electron chi connectivity index (χ3n) is 4.49. The molecule has 8 heteroatoms. The smallest absolute Gasteiger partial charge is 0.263 e. The molecule has 0 spiro atoms. The van der Waals surface area contributed by atoms with Crippen LogP contribution >= 0.6 is 0 Å². The maximum absolute atomic E-state index is 12.8. The molecule has 166 valence electrons. The molecule has 0 fully saturated rings. The number of para-hydroxylation sites is 2. The topological polar surface area (TPSA) is 95.1 Å². The van der Waals surface area contributed by atoms with Gasteiger partial charge in [0.15, 0.2) is 18.1 Å². The number of nitrogens with one attached hydrogen (secondary N) is 2. The fourth-order valence-corrected chi connectivity index (χ4v) is 3.02. The van der Waals surface area contributed by atoms with E-state index in [4.69, 9.17) is 18.9 Å². The van der Waals surface area contributed by atoms with Gasteiger partial charge in [-0.15, -0.1) is 0 Å². The van der Waals surface area contributed by atoms with Crippen LogP contribution in [0.2, 0.25) is 0 Å². The van der Waals surface area contributed by atoms with E-state index >= 15 is 0 Å². The quantitative estimate of drug-likeness (QED) is 0.527. The van der Waals surface area contributed by atoms with Gasteiger partial charge in [0.05, 0.1) is 21.3 Å². The molecule has 2 N–H and O–H groups in total. The number of carbonyl (C=O) groups excluding carboxylic acids is 2. The van der Waals surface area contributed by atoms with Crippen LogP contribution in [0.25, 0.3) is 0 Å². The molecule has 0 saturated heterocycles. The van der Waals surface area contributed by atoms with E-state index in [9.17, 15) is 9.59 Å². The molecule has 0 aliphatic rings. The zero-order valence-corrected chi connectivity index (χ0v) is 18.0. The SMILES string of the molecule is COc1ccccc1OCC(=O)Nc1cccc(NC(=O)c2c(OC)cccc2OC)c1. The molecular formula is C24H24N2O6. The molecule has 3 aromatic carbocycles. The maximum Gasteiger partial charge on any atom is 0.263 e. The van der Waals surface area contributed by atoms with Gasteiger partial charge in [0, 0.05) is 11.4 Å². The Bertz CT molecular complexity index is 1080. The number of methoxy groups -OCH3 is 3. The van der Waals surface area contributed by atoms with E-state index in [-0.39, 0.29) is 18.1 Å². The van der Waals surface area contributed by atoms with Gasteiger partial charge in [-0.2, -0.15) is 0 Å². The lowest BCUT2D eigenvalue weighted by Gasteiger charge is -2.14. The van der Waals surface area contributed by atoms with Crippen LogP contribution in [-0.2, 0) is 4.79 Å². The number of hydrogen-bond donors (Lipinski definition) is 2. The molecule has 0 aliphatic heterocycles. The first-order valence-electron chi connectivity index (χ1n) is 9.73. The molecule has 0 atom stereocenters. The van der Waals surface area contributed by atoms with Gasteiger partial charge in [-0.25, -0.2) is 0 Å². The highest BCUT2D eigenvalue weighted by Gasteiger charge is 2.18. The van der Waals surface area contributed by atoms with Crippen LogP contribution in [0.4, 0.5) is 11.4 Å². The summed E-state index contributed by atoms with van der Waals surface area (Å²) in [5, 5.41) is 5.54. The predicted molar refractivity (Wildman–Crippen MR) is 121 cm³/mol. The van der Waals surface area contributed by atoms with Gasteiger partial charge >= 0.3 is 0 Å². The fourth-order valence-electron chi connectivity index (χ4n) is 3.02. The Labute approximate surface area is 186 Å². The highest BCUT2D eigenvalue weighted by Crippen LogP contribution is 2.29. The Morgan fingerprint density at radius 1 is 0.688 bits per heavy atom. The number of amides is 2. The molecule has 3 rings (SSSR count). The van der Waals surface area contributed by atoms with Crippen molar-refractivity contribution in [2.24, 2.45) is 0 Å². The number of hydrogen-bond acceptors (Lipinski definition) is 6. The van der Waals surface area contributed by atoms with Crippen LogP contribution < -0.4 is 29.6 Å². The van der Waals surface area contributed by atoms with E-state index in [1.165, 1.54) is 21.3 Å². The number of carbonyl (C=O) groups is 2. The van der Waals surface area contributed by atoms with Gasteiger partial charge < -0.3 is 29.6 Å². The third kappa shape index (κ3) is 5.48. The van der Waals surface area contributed by atoms with Crippen LogP contribution in [0.15, 0.2) is 66.7 Å². The molecule has 0 aromatic heterocycles. The predicted octanol–water partition coefficient (Wildman–Crippen LogP) is 3.98. The molecule has 0 bridgehead atoms. The van der Waals surface area contributed by atoms with E-state index in [0.717, 1.165) is 0 Å². The summed E-state index contributed by atoms with van der Waals surface area (Å²) in [5.74, 6) is 1.03. The number of anilines is 2. The summed E-state index contributed by atoms with van der Waals surface area (Å²) in [6, 6.07) is 18.9. The first kappa shape index (κ1) is 22.5. The van der Waals surface area contributed by atoms with E-state index in [0.29, 0.717) is 34.4 Å². The van der Waals surface area contributed by atoms with E-state index in [2.05, 4.69) is 10.6 Å². The second-order valence-electron chi connectivity index (χ2n) is 6.56. The van der Waals surface area contributed by atoms with Crippen LogP contribution in [0.3, 0.4) is 0 Å². The van der Waals surface area contributed by atoms with Crippen molar-refractivity contribution in [2.45, 2.75) is 0 Å². The molecule has 32 heavy (non-hydrogen) atoms. The second-order valence-corrected chi connectivity index (χ2v) is 6.56. The first-order chi connectivity index (χ1) is 15.5. The number of rotatable bonds is 9. The molecule has 0 unspecified atom stereocenters. The largest absolute Gasteiger partial charge is 0.496 e. The highest BCUT2D eigenvalue weighted by molar-refractivity contribution is 6.08. The Balaban J connectivity index is 1.66. The summed E-state index contributed by atoms with van der Waals surface area (Å²) in [6.45, 7) is -0.199. The van der Waals surface area contributed by atoms with Crippen molar-refractivity contribution in [1.82, 2.24) is 0 Å². The summed E-state index contributed by atoms with van der Waals surface area (Å²) in [5.41, 5.74) is 1.27. The van der Waals surface area contributed by atoms with Crippen molar-refractivity contribution in [3.63, 3.8) is 0 Å². The van der Waals surface area contributed by atoms with Gasteiger partial charge in [-0.05, 0) is 42.5 Å². The summed E-state index contributed by atoms with van der Waals surface area (Å²) in [7, 11) is 4.49. The molecule has 0 aliphatic carbocycles. The average molecular weight is 436 g/mol. The van der Waals surface area contributed by atoms with Gasteiger partial charge in [0.2, 0.25) is 0 Å². The summed E-state index contributed by atoms with van der Waals surface area (Å²) in [4.78, 5) is 25.1. The third-order valence-corrected chi connectivity index (χ3v) is 4.49. The Morgan fingerprint density at radius 2 is 1.22 bits per heavy atom. The maximum atomic E-state index is 12.8. The lowest BCUT2D eigenvalue weighted by atomic mass is 10.1. The average Bonchev–Trinajstić information content (AvgIpc) is 2.82. The van der Waals surface area contributed by atoms with Gasteiger partial charge in [0.25, 0.3) is 11.8 Å². The van der Waals surface area contributed by atoms with E-state index < -0.39 is 5.91 Å². The van der Waals surface area contributed by atoms with Crippen molar-refractivity contribution in [1.29, 1.82) is 0 Å². The molecular weight excluding hydrogens is 412 g/mol. The minimum atomic E-state index is -0.401. The van der Waals surface area contributed by atoms with Gasteiger partial charge in [0.1, 0.15) is 17.1 Å². The minimum absolute atomic E-state index is 0.199. The number of benzene rings is 3. The first-order valence-corrected chi connectivity index (χ1v) is 9.73. The Kier molecular flexibility index (Phi) is 7.53. The summed E-state index contributed by atoms with van der Waals surface area (Å²) < 4.78 is 21.3. The molecule has 0 radical (unpaired) electrons. The molecule has 2 amide bonds. The van der Waals surface area contributed by atoms with Crippen LogP contribution in [0, 0.1) is 0 Å². The van der Waals surface area contributed by atoms with E-state index in [1.54, 1.807) is 60.7 Å². The van der Waals surface area contributed by atoms with Gasteiger partial charge in [-0.3, -0.25) is 9.59 Å². The molecule has 3 aromatic rings. The molecule has 0 saturated carbocycles. The zero-order chi connectivity index (χ0) is 22.9. The molecule has 0 heterocycles. The van der Waals surface area contributed by atoms with Crippen LogP contribution in [-0.4, -0.2) is 39.8 Å². The fraction of sp³-hybridized carbons (Fsp3) is 0.167. The second kappa shape index (κ2) is 10.7. The van der Waals surface area contributed by atoms with Crippen molar-refractivity contribution in [3.8, 4) is 23.0 Å². The zero-order valence-electron chi connectivity index (χ0n) is 18.0. The van der Waals surface area contributed by atoms with Crippen molar-refractivity contribution in [3.05, 3.63) is 72.3 Å². The standard InChI is InChI=1S/C24H24N2O6/c1-29-18-10-4-5-11-19(18)32-15-22(27)25-16-8-6-9-17(14-16)26-24(28)23-20(30-2)12-7-13-21(23)31-3/h4-14H,15H2,1-3H3,(H,25,27)(H,26,28). The van der Waals surface area contributed by atoms with E-state index in [1.807, 2.05) is 6.07 Å². The summed E-state index contributed by atoms with van der Waals surface area (Å²) >= 11 is 0. The Morgan fingerprint density at radius 3 is 1.84 bits per heavy atom. The van der Waals surface area contributed by atoms with Crippen molar-refractivity contribution in [2.75, 3.05) is 38.6 Å². The van der Waals surface area contributed by atoms with Crippen LogP contribution in [0.5, 0.6) is 23.0 Å². The van der Waals surface area contributed by atoms with Crippen LogP contribution in [0.1, 0.15) is 10.4 Å². The lowest BCUT2D eigenvalue weighted by molar-refractivity contribution is -0.118. The van der Waals surface area contributed by atoms with Crippen molar-refractivity contribution < 1.29 is 28.5 Å². The minimum Gasteiger partial charge on any atom is -0.496 e. The monoisotopic (exact) mass is 436 g/mol.